The summed E-state index contributed by atoms with van der Waals surface area (Å²) in [5, 5.41) is 27.3. The summed E-state index contributed by atoms with van der Waals surface area (Å²) < 4.78 is 0. The lowest BCUT2D eigenvalue weighted by atomic mass is 10.0. The lowest BCUT2D eigenvalue weighted by Gasteiger charge is -2.25. The zero-order valence-corrected chi connectivity index (χ0v) is 23.6. The van der Waals surface area contributed by atoms with Crippen LogP contribution in [0.2, 0.25) is 0 Å². The van der Waals surface area contributed by atoms with Crippen molar-refractivity contribution < 1.29 is 29.4 Å². The second-order valence-corrected chi connectivity index (χ2v) is 10.2. The molecule has 0 aliphatic rings. The van der Waals surface area contributed by atoms with Crippen LogP contribution in [0, 0.1) is 0 Å². The summed E-state index contributed by atoms with van der Waals surface area (Å²) in [6.45, 7) is 0. The molecule has 4 rings (SSSR count). The molecule has 0 spiro atoms. The lowest BCUT2D eigenvalue weighted by Crippen LogP contribution is -2.58. The van der Waals surface area contributed by atoms with Crippen LogP contribution in [0.15, 0.2) is 79.6 Å². The van der Waals surface area contributed by atoms with Crippen LogP contribution < -0.4 is 21.7 Å². The summed E-state index contributed by atoms with van der Waals surface area (Å²) in [7, 11) is 0. The number of aromatic nitrogens is 4. The molecular formula is C30H34N8O6. The van der Waals surface area contributed by atoms with Gasteiger partial charge in [0.2, 0.25) is 17.7 Å². The van der Waals surface area contributed by atoms with E-state index in [1.165, 1.54) is 31.0 Å². The van der Waals surface area contributed by atoms with Gasteiger partial charge in [0.15, 0.2) is 0 Å². The minimum absolute atomic E-state index is 0.0144. The van der Waals surface area contributed by atoms with E-state index in [4.69, 9.17) is 5.73 Å². The summed E-state index contributed by atoms with van der Waals surface area (Å²) in [5.41, 5.74) is 8.44. The monoisotopic (exact) mass is 602 g/mol. The first-order valence-corrected chi connectivity index (χ1v) is 13.8. The number of carboxylic acids is 1. The van der Waals surface area contributed by atoms with Crippen LogP contribution in [-0.4, -0.2) is 78.0 Å². The molecule has 4 atom stereocenters. The SMILES string of the molecule is N[C@@H](Cc1c[nH]cn1)C(=O)N[C@@H](Cc1ccccc1)C(=O)N[C@@H](Cc1ccc(O)cc1)C(=O)N[C@@H](Cc1c[nH]cn1)C(=O)O. The van der Waals surface area contributed by atoms with E-state index in [-0.39, 0.29) is 31.4 Å². The zero-order chi connectivity index (χ0) is 31.5. The molecule has 0 bridgehead atoms. The molecule has 44 heavy (non-hydrogen) atoms. The first kappa shape index (κ1) is 31.4. The Hall–Kier alpha value is -5.50. The summed E-state index contributed by atoms with van der Waals surface area (Å²) in [6.07, 6.45) is 6.10. The lowest BCUT2D eigenvalue weighted by molar-refractivity contribution is -0.142. The van der Waals surface area contributed by atoms with Crippen molar-refractivity contribution >= 4 is 23.7 Å². The molecule has 3 amide bonds. The van der Waals surface area contributed by atoms with Crippen molar-refractivity contribution in [3.8, 4) is 5.75 Å². The molecule has 9 N–H and O–H groups in total. The quantitative estimate of drug-likeness (QED) is 0.0912. The zero-order valence-electron chi connectivity index (χ0n) is 23.6. The summed E-state index contributed by atoms with van der Waals surface area (Å²) >= 11 is 0. The fraction of sp³-hybridized carbons (Fsp3) is 0.267. The van der Waals surface area contributed by atoms with Gasteiger partial charge in [-0.1, -0.05) is 42.5 Å². The molecule has 14 heteroatoms. The molecule has 4 aromatic rings. The summed E-state index contributed by atoms with van der Waals surface area (Å²) in [5.74, 6) is -3.29. The molecule has 14 nitrogen and oxygen atoms in total. The number of nitrogens with two attached hydrogens (primary N) is 1. The molecule has 0 saturated heterocycles. The van der Waals surface area contributed by atoms with E-state index in [1.54, 1.807) is 42.6 Å². The normalized spacial score (nSPS) is 13.7. The molecule has 230 valence electrons. The van der Waals surface area contributed by atoms with Crippen LogP contribution >= 0.6 is 0 Å². The van der Waals surface area contributed by atoms with Crippen LogP contribution in [0.5, 0.6) is 5.75 Å². The van der Waals surface area contributed by atoms with Gasteiger partial charge in [-0.3, -0.25) is 14.4 Å². The largest absolute Gasteiger partial charge is 0.508 e. The number of carbonyl (C=O) groups is 4. The number of aromatic hydroxyl groups is 1. The maximum absolute atomic E-state index is 13.7. The maximum atomic E-state index is 13.7. The number of aliphatic carboxylic acids is 1. The molecule has 0 saturated carbocycles. The van der Waals surface area contributed by atoms with Gasteiger partial charge < -0.3 is 41.9 Å². The number of nitrogens with one attached hydrogen (secondary N) is 5. The number of rotatable bonds is 15. The average molecular weight is 603 g/mol. The van der Waals surface area contributed by atoms with Crippen molar-refractivity contribution in [1.29, 1.82) is 0 Å². The highest BCUT2D eigenvalue weighted by Gasteiger charge is 2.31. The number of benzene rings is 2. The third-order valence-electron chi connectivity index (χ3n) is 6.83. The fourth-order valence-electron chi connectivity index (χ4n) is 4.49. The van der Waals surface area contributed by atoms with Crippen molar-refractivity contribution in [2.24, 2.45) is 5.73 Å². The molecule has 0 unspecified atom stereocenters. The molecule has 0 fully saturated rings. The number of amides is 3. The van der Waals surface area contributed by atoms with Crippen LogP contribution in [0.3, 0.4) is 0 Å². The third-order valence-corrected chi connectivity index (χ3v) is 6.83. The van der Waals surface area contributed by atoms with Crippen molar-refractivity contribution in [2.75, 3.05) is 0 Å². The van der Waals surface area contributed by atoms with E-state index >= 15 is 0 Å². The van der Waals surface area contributed by atoms with Gasteiger partial charge >= 0.3 is 5.97 Å². The Bertz CT molecular complexity index is 1510. The second-order valence-electron chi connectivity index (χ2n) is 10.2. The molecular weight excluding hydrogens is 568 g/mol. The number of imidazole rings is 2. The van der Waals surface area contributed by atoms with Crippen molar-refractivity contribution in [2.45, 2.75) is 49.9 Å². The van der Waals surface area contributed by atoms with Crippen LogP contribution in [0.1, 0.15) is 22.5 Å². The van der Waals surface area contributed by atoms with E-state index in [0.29, 0.717) is 17.0 Å². The van der Waals surface area contributed by atoms with Crippen LogP contribution in [0.25, 0.3) is 0 Å². The Labute approximate surface area is 252 Å². The van der Waals surface area contributed by atoms with Crippen LogP contribution in [-0.2, 0) is 44.9 Å². The second kappa shape index (κ2) is 15.1. The number of hydrogen-bond acceptors (Lipinski definition) is 8. The number of phenolic OH excluding ortho intramolecular Hbond substituents is 1. The Morgan fingerprint density at radius 2 is 1.18 bits per heavy atom. The Kier molecular flexibility index (Phi) is 10.8. The predicted octanol–water partition coefficient (Wildman–Crippen LogP) is -0.0247. The number of hydrogen-bond donors (Lipinski definition) is 8. The highest BCUT2D eigenvalue weighted by Crippen LogP contribution is 2.13. The third kappa shape index (κ3) is 9.25. The number of H-pyrrole nitrogens is 2. The summed E-state index contributed by atoms with van der Waals surface area (Å²) in [6, 6.07) is 10.3. The van der Waals surface area contributed by atoms with Gasteiger partial charge in [-0.25, -0.2) is 14.8 Å². The number of aromatic amines is 2. The van der Waals surface area contributed by atoms with E-state index in [0.717, 1.165) is 5.56 Å². The smallest absolute Gasteiger partial charge is 0.326 e. The van der Waals surface area contributed by atoms with E-state index in [1.807, 2.05) is 6.07 Å². The average Bonchev–Trinajstić information content (AvgIpc) is 3.72. The van der Waals surface area contributed by atoms with Gasteiger partial charge in [-0.05, 0) is 23.3 Å². The fourth-order valence-corrected chi connectivity index (χ4v) is 4.49. The predicted molar refractivity (Wildman–Crippen MR) is 158 cm³/mol. The minimum Gasteiger partial charge on any atom is -0.508 e. The standard InChI is InChI=1S/C30H34N8O6/c31-23(12-20-14-32-16-34-20)27(40)36-24(10-18-4-2-1-3-5-18)28(41)37-25(11-19-6-8-22(39)9-7-19)29(42)38-26(30(43)44)13-21-15-33-17-35-21/h1-9,14-17,23-26,39H,10-13,31H2,(H,32,34)(H,33,35)(H,36,40)(H,37,41)(H,38,42)(H,43,44)/t23-,24-,25-,26-/m0/s1. The van der Waals surface area contributed by atoms with Crippen LogP contribution in [0.4, 0.5) is 0 Å². The molecule has 0 aliphatic heterocycles. The van der Waals surface area contributed by atoms with Gasteiger partial charge in [0.05, 0.1) is 30.1 Å². The van der Waals surface area contributed by atoms with Gasteiger partial charge in [0.25, 0.3) is 0 Å². The Morgan fingerprint density at radius 1 is 0.682 bits per heavy atom. The molecule has 2 heterocycles. The highest BCUT2D eigenvalue weighted by molar-refractivity contribution is 5.94. The first-order chi connectivity index (χ1) is 21.2. The Balaban J connectivity index is 1.54. The van der Waals surface area contributed by atoms with Gasteiger partial charge in [0.1, 0.15) is 23.9 Å². The van der Waals surface area contributed by atoms with E-state index in [9.17, 15) is 29.4 Å². The van der Waals surface area contributed by atoms with Crippen molar-refractivity contribution in [1.82, 2.24) is 35.9 Å². The number of nitrogens with zero attached hydrogens (tertiary/aromatic N) is 2. The van der Waals surface area contributed by atoms with Gasteiger partial charge in [-0.15, -0.1) is 0 Å². The molecule has 0 aliphatic carbocycles. The first-order valence-electron chi connectivity index (χ1n) is 13.8. The topological polar surface area (TPSA) is 228 Å². The number of carboxylic acid groups (broad SMARTS) is 1. The van der Waals surface area contributed by atoms with E-state index in [2.05, 4.69) is 35.9 Å². The maximum Gasteiger partial charge on any atom is 0.326 e. The van der Waals surface area contributed by atoms with E-state index < -0.39 is 47.9 Å². The highest BCUT2D eigenvalue weighted by atomic mass is 16.4. The number of phenols is 1. The van der Waals surface area contributed by atoms with Crippen molar-refractivity contribution in [3.63, 3.8) is 0 Å². The van der Waals surface area contributed by atoms with Gasteiger partial charge in [0, 0.05) is 38.1 Å². The Morgan fingerprint density at radius 3 is 1.70 bits per heavy atom. The molecule has 0 radical (unpaired) electrons. The number of carbonyl (C=O) groups excluding carboxylic acids is 3. The minimum atomic E-state index is -1.33. The molecule has 2 aromatic carbocycles. The molecule has 2 aromatic heterocycles. The van der Waals surface area contributed by atoms with Gasteiger partial charge in [-0.2, -0.15) is 0 Å². The van der Waals surface area contributed by atoms with Crippen molar-refractivity contribution in [3.05, 3.63) is 102 Å². The summed E-state index contributed by atoms with van der Waals surface area (Å²) in [4.78, 5) is 65.9.